The lowest BCUT2D eigenvalue weighted by Gasteiger charge is -2.41. The minimum absolute atomic E-state index is 0.0315. The van der Waals surface area contributed by atoms with Crippen LogP contribution in [0.15, 0.2) is 28.7 Å². The summed E-state index contributed by atoms with van der Waals surface area (Å²) in [5.41, 5.74) is 0.0315. The summed E-state index contributed by atoms with van der Waals surface area (Å²) in [4.78, 5) is 12.6. The van der Waals surface area contributed by atoms with Crippen LogP contribution in [0.25, 0.3) is 0 Å². The van der Waals surface area contributed by atoms with Crippen molar-refractivity contribution in [1.29, 1.82) is 0 Å². The molecule has 0 aliphatic heterocycles. The Hall–Kier alpha value is -0.863. The van der Waals surface area contributed by atoms with Crippen LogP contribution in [0.3, 0.4) is 0 Å². The van der Waals surface area contributed by atoms with Gasteiger partial charge in [-0.3, -0.25) is 4.79 Å². The summed E-state index contributed by atoms with van der Waals surface area (Å²) in [6.07, 6.45) is -1.94. The first-order valence-corrected chi connectivity index (χ1v) is 13.7. The van der Waals surface area contributed by atoms with Crippen molar-refractivity contribution in [3.05, 3.63) is 34.3 Å². The van der Waals surface area contributed by atoms with Crippen LogP contribution in [0.2, 0.25) is 18.1 Å². The molecular weight excluding hydrogens is 463 g/mol. The molecule has 0 saturated heterocycles. The Bertz CT molecular complexity index is 693. The Morgan fingerprint density at radius 3 is 2.07 bits per heavy atom. The lowest BCUT2D eigenvalue weighted by Crippen LogP contribution is -2.46. The van der Waals surface area contributed by atoms with E-state index in [1.807, 2.05) is 0 Å². The Kier molecular flexibility index (Phi) is 7.66. The molecule has 0 aromatic heterocycles. The van der Waals surface area contributed by atoms with Gasteiger partial charge in [0.05, 0.1) is 0 Å². The summed E-state index contributed by atoms with van der Waals surface area (Å²) >= 11 is 3.22. The van der Waals surface area contributed by atoms with Crippen molar-refractivity contribution in [1.82, 2.24) is 5.32 Å². The number of hydrogen-bond donors (Lipinski definition) is 1. The van der Waals surface area contributed by atoms with E-state index in [4.69, 9.17) is 4.43 Å². The zero-order chi connectivity index (χ0) is 22.0. The van der Waals surface area contributed by atoms with Gasteiger partial charge in [0, 0.05) is 16.5 Å². The minimum atomic E-state index is -4.55. The number of carbonyl (C=O) groups excluding carboxylic acids is 1. The molecule has 1 atom stereocenters. The summed E-state index contributed by atoms with van der Waals surface area (Å²) in [5, 5.41) is 2.34. The Labute approximate surface area is 181 Å². The van der Waals surface area contributed by atoms with Crippen molar-refractivity contribution in [3.63, 3.8) is 0 Å². The molecule has 1 N–H and O–H groups in total. The number of amides is 1. The second-order valence-corrected chi connectivity index (χ2v) is 15.1. The van der Waals surface area contributed by atoms with Gasteiger partial charge >= 0.3 is 6.18 Å². The number of alkyl halides is 3. The highest BCUT2D eigenvalue weighted by molar-refractivity contribution is 9.10. The van der Waals surface area contributed by atoms with E-state index in [2.05, 4.69) is 55.1 Å². The Balaban J connectivity index is 1.98. The molecule has 1 fully saturated rings. The van der Waals surface area contributed by atoms with E-state index in [0.29, 0.717) is 30.2 Å². The largest absolute Gasteiger partial charge is 0.414 e. The first-order chi connectivity index (χ1) is 13.2. The Morgan fingerprint density at radius 2 is 1.62 bits per heavy atom. The van der Waals surface area contributed by atoms with E-state index < -0.39 is 32.4 Å². The summed E-state index contributed by atoms with van der Waals surface area (Å²) in [6.45, 7) is 10.9. The van der Waals surface area contributed by atoms with Crippen molar-refractivity contribution in [2.24, 2.45) is 5.92 Å². The quantitative estimate of drug-likeness (QED) is 0.460. The van der Waals surface area contributed by atoms with Crippen LogP contribution in [0.4, 0.5) is 13.2 Å². The van der Waals surface area contributed by atoms with Gasteiger partial charge in [-0.25, -0.2) is 0 Å². The lowest BCUT2D eigenvalue weighted by atomic mass is 9.86. The van der Waals surface area contributed by atoms with Gasteiger partial charge in [-0.15, -0.1) is 0 Å². The monoisotopic (exact) mass is 493 g/mol. The van der Waals surface area contributed by atoms with Gasteiger partial charge in [0.15, 0.2) is 14.4 Å². The fraction of sp³-hybridized carbons (Fsp3) is 0.667. The van der Waals surface area contributed by atoms with Crippen molar-refractivity contribution < 1.29 is 22.4 Å². The highest BCUT2D eigenvalue weighted by Gasteiger charge is 2.44. The average molecular weight is 494 g/mol. The highest BCUT2D eigenvalue weighted by Crippen LogP contribution is 2.40. The second-order valence-electron chi connectivity index (χ2n) is 9.39. The van der Waals surface area contributed by atoms with E-state index in [1.54, 1.807) is 12.1 Å². The number of hydrogen-bond acceptors (Lipinski definition) is 2. The first-order valence-electron chi connectivity index (χ1n) is 10.0. The average Bonchev–Trinajstić information content (AvgIpc) is 2.59. The molecule has 0 radical (unpaired) electrons. The number of halogens is 4. The summed E-state index contributed by atoms with van der Waals surface area (Å²) in [7, 11) is -1.89. The molecule has 29 heavy (non-hydrogen) atoms. The molecule has 0 heterocycles. The SMILES string of the molecule is CC(C)(C)[Si](C)(C)OC1CCC(C(=O)N[C@@H](c2ccc(Br)cc2)C(F)(F)F)CC1. The number of nitrogens with one attached hydrogen (secondary N) is 1. The predicted octanol–water partition coefficient (Wildman–Crippen LogP) is 6.75. The smallest absolute Gasteiger partial charge is 0.412 e. The van der Waals surface area contributed by atoms with Crippen LogP contribution >= 0.6 is 15.9 Å². The number of rotatable bonds is 5. The van der Waals surface area contributed by atoms with Crippen LogP contribution in [0.5, 0.6) is 0 Å². The fourth-order valence-corrected chi connectivity index (χ4v) is 4.99. The third kappa shape index (κ3) is 6.56. The summed E-state index contributed by atoms with van der Waals surface area (Å²) in [5.74, 6) is -0.935. The standard InChI is InChI=1S/C21H31BrF3NO2Si/c1-20(2,3)29(4,5)28-17-12-8-15(9-13-17)19(27)26-18(21(23,24)25)14-6-10-16(22)11-7-14/h6-7,10-11,15,17-18H,8-9,12-13H2,1-5H3,(H,26,27)/t15?,17?,18-/m0/s1. The second kappa shape index (κ2) is 9.10. The molecule has 1 aromatic rings. The third-order valence-electron chi connectivity index (χ3n) is 6.13. The van der Waals surface area contributed by atoms with Gasteiger partial charge in [0.2, 0.25) is 5.91 Å². The van der Waals surface area contributed by atoms with E-state index in [9.17, 15) is 18.0 Å². The van der Waals surface area contributed by atoms with E-state index in [0.717, 1.165) is 0 Å². The van der Waals surface area contributed by atoms with Gasteiger partial charge in [-0.05, 0) is 61.5 Å². The minimum Gasteiger partial charge on any atom is -0.414 e. The van der Waals surface area contributed by atoms with Gasteiger partial charge < -0.3 is 9.74 Å². The number of carbonyl (C=O) groups is 1. The van der Waals surface area contributed by atoms with Crippen molar-refractivity contribution in [2.75, 3.05) is 0 Å². The molecule has 164 valence electrons. The predicted molar refractivity (Wildman–Crippen MR) is 115 cm³/mol. The van der Waals surface area contributed by atoms with Crippen molar-refractivity contribution in [2.45, 2.75) is 82.9 Å². The molecule has 8 heteroatoms. The normalized spacial score (nSPS) is 22.2. The molecule has 0 spiro atoms. The maximum atomic E-state index is 13.6. The third-order valence-corrected chi connectivity index (χ3v) is 11.2. The highest BCUT2D eigenvalue weighted by atomic mass is 79.9. The van der Waals surface area contributed by atoms with Crippen LogP contribution in [-0.4, -0.2) is 26.5 Å². The van der Waals surface area contributed by atoms with Crippen molar-refractivity contribution >= 4 is 30.2 Å². The molecule has 2 rings (SSSR count). The molecule has 1 saturated carbocycles. The Morgan fingerprint density at radius 1 is 1.10 bits per heavy atom. The lowest BCUT2D eigenvalue weighted by molar-refractivity contribution is -0.165. The molecule has 1 aliphatic rings. The molecule has 1 aliphatic carbocycles. The molecule has 1 aromatic carbocycles. The van der Waals surface area contributed by atoms with E-state index in [-0.39, 0.29) is 16.7 Å². The molecule has 1 amide bonds. The molecule has 3 nitrogen and oxygen atoms in total. The van der Waals surface area contributed by atoms with Crippen molar-refractivity contribution in [3.8, 4) is 0 Å². The van der Waals surface area contributed by atoms with E-state index in [1.165, 1.54) is 12.1 Å². The van der Waals surface area contributed by atoms with Crippen LogP contribution < -0.4 is 5.32 Å². The van der Waals surface area contributed by atoms with Gasteiger partial charge in [0.25, 0.3) is 0 Å². The maximum Gasteiger partial charge on any atom is 0.412 e. The van der Waals surface area contributed by atoms with Gasteiger partial charge in [-0.1, -0.05) is 48.8 Å². The molecule has 0 unspecified atom stereocenters. The van der Waals surface area contributed by atoms with Gasteiger partial charge in [-0.2, -0.15) is 13.2 Å². The van der Waals surface area contributed by atoms with Gasteiger partial charge in [0.1, 0.15) is 0 Å². The fourth-order valence-electron chi connectivity index (χ4n) is 3.31. The zero-order valence-corrected chi connectivity index (χ0v) is 20.3. The topological polar surface area (TPSA) is 38.3 Å². The summed E-state index contributed by atoms with van der Waals surface area (Å²) < 4.78 is 47.8. The summed E-state index contributed by atoms with van der Waals surface area (Å²) in [6, 6.07) is 3.86. The zero-order valence-electron chi connectivity index (χ0n) is 17.7. The van der Waals surface area contributed by atoms with E-state index >= 15 is 0 Å². The van der Waals surface area contributed by atoms with Crippen LogP contribution in [0, 0.1) is 5.92 Å². The van der Waals surface area contributed by atoms with Crippen LogP contribution in [0.1, 0.15) is 58.1 Å². The first kappa shape index (κ1) is 24.4. The maximum absolute atomic E-state index is 13.6. The molecule has 0 bridgehead atoms. The number of benzene rings is 1. The molecular formula is C21H31BrF3NO2Si. The van der Waals surface area contributed by atoms with Crippen LogP contribution in [-0.2, 0) is 9.22 Å².